The molecule has 3 amide bonds. The van der Waals surface area contributed by atoms with Crippen LogP contribution in [0.2, 0.25) is 0 Å². The van der Waals surface area contributed by atoms with Gasteiger partial charge in [-0.2, -0.15) is 26.3 Å². The normalized spacial score (nSPS) is 16.8. The molecule has 0 aromatic heterocycles. The highest BCUT2D eigenvalue weighted by molar-refractivity contribution is 5.95. The van der Waals surface area contributed by atoms with Gasteiger partial charge in [-0.25, -0.2) is 9.59 Å². The molecule has 2 aliphatic heterocycles. The van der Waals surface area contributed by atoms with Gasteiger partial charge in [-0.3, -0.25) is 24.2 Å². The van der Waals surface area contributed by atoms with Gasteiger partial charge in [-0.05, 0) is 79.2 Å². The molecule has 59 heavy (non-hydrogen) atoms. The molecule has 9 N–H and O–H groups in total. The number of aliphatic carboxylic acids is 2. The molecule has 15 nitrogen and oxygen atoms in total. The Labute approximate surface area is 335 Å². The number of aliphatic imine (C=N–C) groups is 1. The fraction of sp³-hybridized carbons (Fsp3) is 0.500. The van der Waals surface area contributed by atoms with Gasteiger partial charge >= 0.3 is 24.3 Å². The molecule has 2 saturated heterocycles. The highest BCUT2D eigenvalue weighted by Crippen LogP contribution is 2.37. The minimum absolute atomic E-state index is 0.0307. The second kappa shape index (κ2) is 21.3. The second-order valence-electron chi connectivity index (χ2n) is 13.9. The van der Waals surface area contributed by atoms with E-state index in [1.165, 1.54) is 11.1 Å². The summed E-state index contributed by atoms with van der Waals surface area (Å²) in [6.07, 6.45) is -4.26. The Morgan fingerprint density at radius 2 is 1.41 bits per heavy atom. The maximum Gasteiger partial charge on any atom is 0.490 e. The molecule has 0 radical (unpaired) electrons. The number of Topliss-reactive ketones (excluding diaryl/α,β-unsaturated/α-hetero) is 1. The van der Waals surface area contributed by atoms with Gasteiger partial charge in [-0.15, -0.1) is 0 Å². The van der Waals surface area contributed by atoms with Crippen molar-refractivity contribution in [1.82, 2.24) is 15.1 Å². The van der Waals surface area contributed by atoms with Crippen LogP contribution >= 0.6 is 0 Å². The summed E-state index contributed by atoms with van der Waals surface area (Å²) in [5.74, 6) is -6.51. The summed E-state index contributed by atoms with van der Waals surface area (Å²) in [7, 11) is 0. The molecule has 0 saturated carbocycles. The van der Waals surface area contributed by atoms with Crippen molar-refractivity contribution in [3.63, 3.8) is 0 Å². The zero-order chi connectivity index (χ0) is 44.1. The number of carboxylic acid groups (broad SMARTS) is 2. The summed E-state index contributed by atoms with van der Waals surface area (Å²) in [5, 5.41) is 17.1. The van der Waals surface area contributed by atoms with Gasteiger partial charge in [0.2, 0.25) is 17.7 Å². The number of carbonyl (C=O) groups excluding carboxylic acids is 4. The number of ketones is 1. The lowest BCUT2D eigenvalue weighted by atomic mass is 9.99. The number of likely N-dealkylation sites (tertiary alicyclic amines) is 2. The van der Waals surface area contributed by atoms with Gasteiger partial charge in [0.1, 0.15) is 12.1 Å². The SMILES string of the molecule is NC(N)=NCCCC(NC(=O)[C@@H]1CCCN1C(=O)C(N)c1ccc2c(c1)Cc1ccccc1-2)C(=O)CCC(=O)N1CCCCC1.O=C(O)C(F)(F)F.O=C(O)C(F)(F)F. The zero-order valence-corrected chi connectivity index (χ0v) is 31.9. The summed E-state index contributed by atoms with van der Waals surface area (Å²) in [6, 6.07) is 11.7. The summed E-state index contributed by atoms with van der Waals surface area (Å²) in [6.45, 7) is 2.16. The van der Waals surface area contributed by atoms with Crippen LogP contribution in [0.4, 0.5) is 26.3 Å². The highest BCUT2D eigenvalue weighted by atomic mass is 19.4. The first-order valence-corrected chi connectivity index (χ1v) is 18.6. The Balaban J connectivity index is 0.000000569. The molecule has 0 bridgehead atoms. The Hall–Kier alpha value is -5.73. The van der Waals surface area contributed by atoms with Crippen molar-refractivity contribution in [2.45, 2.75) is 94.7 Å². The second-order valence-corrected chi connectivity index (χ2v) is 13.9. The molecule has 21 heteroatoms. The monoisotopic (exact) mass is 843 g/mol. The molecule has 3 aliphatic rings. The third-order valence-electron chi connectivity index (χ3n) is 9.71. The predicted octanol–water partition coefficient (Wildman–Crippen LogP) is 3.42. The third kappa shape index (κ3) is 14.3. The molecule has 2 aromatic carbocycles. The van der Waals surface area contributed by atoms with Crippen molar-refractivity contribution in [3.8, 4) is 11.1 Å². The number of amides is 3. The Bertz CT molecular complexity index is 1840. The van der Waals surface area contributed by atoms with Crippen molar-refractivity contribution < 1.29 is 65.3 Å². The molecule has 324 valence electrons. The summed E-state index contributed by atoms with van der Waals surface area (Å²) in [4.78, 5) is 78.4. The lowest BCUT2D eigenvalue weighted by molar-refractivity contribution is -0.193. The molecular formula is C38H47F6N7O8. The van der Waals surface area contributed by atoms with Gasteiger partial charge in [0, 0.05) is 39.0 Å². The molecule has 1 aliphatic carbocycles. The molecular weight excluding hydrogens is 796 g/mol. The van der Waals surface area contributed by atoms with Crippen molar-refractivity contribution in [2.75, 3.05) is 26.2 Å². The van der Waals surface area contributed by atoms with Crippen LogP contribution in [-0.2, 0) is 35.2 Å². The van der Waals surface area contributed by atoms with E-state index in [0.29, 0.717) is 44.3 Å². The molecule has 2 aromatic rings. The number of nitrogens with zero attached hydrogens (tertiary/aromatic N) is 3. The number of hydrogen-bond acceptors (Lipinski definition) is 8. The fourth-order valence-electron chi connectivity index (χ4n) is 6.77. The number of nitrogens with one attached hydrogen (secondary N) is 1. The van der Waals surface area contributed by atoms with Crippen LogP contribution in [-0.4, -0.2) is 112 Å². The van der Waals surface area contributed by atoms with E-state index >= 15 is 0 Å². The molecule has 0 spiro atoms. The highest BCUT2D eigenvalue weighted by Gasteiger charge is 2.40. The maximum absolute atomic E-state index is 13.7. The molecule has 2 heterocycles. The number of carbonyl (C=O) groups is 6. The number of nitrogens with two attached hydrogens (primary N) is 3. The smallest absolute Gasteiger partial charge is 0.475 e. The summed E-state index contributed by atoms with van der Waals surface area (Å²) in [5.41, 5.74) is 22.9. The van der Waals surface area contributed by atoms with Gasteiger partial charge in [0.15, 0.2) is 11.7 Å². The first-order valence-electron chi connectivity index (χ1n) is 18.6. The largest absolute Gasteiger partial charge is 0.490 e. The molecule has 2 unspecified atom stereocenters. The number of fused-ring (bicyclic) bond motifs is 3. The number of guanidine groups is 1. The van der Waals surface area contributed by atoms with Crippen LogP contribution < -0.4 is 22.5 Å². The predicted molar refractivity (Wildman–Crippen MR) is 200 cm³/mol. The van der Waals surface area contributed by atoms with E-state index in [0.717, 1.165) is 49.9 Å². The average Bonchev–Trinajstić information content (AvgIpc) is 3.82. The van der Waals surface area contributed by atoms with E-state index < -0.39 is 42.4 Å². The van der Waals surface area contributed by atoms with E-state index in [9.17, 15) is 45.5 Å². The van der Waals surface area contributed by atoms with Gasteiger partial charge in [0.05, 0.1) is 6.04 Å². The van der Waals surface area contributed by atoms with Crippen molar-refractivity contribution in [2.24, 2.45) is 22.2 Å². The number of carboxylic acids is 2. The Kier molecular flexibility index (Phi) is 17.2. The minimum atomic E-state index is -5.08. The molecule has 2 fully saturated rings. The number of piperidine rings is 1. The van der Waals surface area contributed by atoms with Crippen LogP contribution in [0, 0.1) is 0 Å². The van der Waals surface area contributed by atoms with Gasteiger partial charge < -0.3 is 42.5 Å². The minimum Gasteiger partial charge on any atom is -0.475 e. The van der Waals surface area contributed by atoms with E-state index in [1.54, 1.807) is 4.90 Å². The Morgan fingerprint density at radius 3 is 2.00 bits per heavy atom. The number of rotatable bonds is 12. The maximum atomic E-state index is 13.7. The van der Waals surface area contributed by atoms with Crippen LogP contribution in [0.3, 0.4) is 0 Å². The van der Waals surface area contributed by atoms with E-state index in [-0.39, 0.29) is 42.3 Å². The number of benzene rings is 2. The molecule has 3 atom stereocenters. The quantitative estimate of drug-likeness (QED) is 0.0667. The third-order valence-corrected chi connectivity index (χ3v) is 9.71. The van der Waals surface area contributed by atoms with Crippen LogP contribution in [0.1, 0.15) is 80.5 Å². The number of alkyl halides is 6. The first-order chi connectivity index (χ1) is 27.6. The lowest BCUT2D eigenvalue weighted by Gasteiger charge is -2.29. The fourth-order valence-corrected chi connectivity index (χ4v) is 6.77. The number of halogens is 6. The summed E-state index contributed by atoms with van der Waals surface area (Å²) >= 11 is 0. The zero-order valence-electron chi connectivity index (χ0n) is 31.9. The van der Waals surface area contributed by atoms with Crippen molar-refractivity contribution in [1.29, 1.82) is 0 Å². The van der Waals surface area contributed by atoms with Crippen LogP contribution in [0.25, 0.3) is 11.1 Å². The van der Waals surface area contributed by atoms with Gasteiger partial charge in [0.25, 0.3) is 0 Å². The summed E-state index contributed by atoms with van der Waals surface area (Å²) < 4.78 is 63.5. The van der Waals surface area contributed by atoms with Crippen LogP contribution in [0.15, 0.2) is 47.5 Å². The van der Waals surface area contributed by atoms with Crippen molar-refractivity contribution >= 4 is 41.4 Å². The standard InChI is InChI=1S/C34H45N7O4.2C2HF3O2/c35-31(23-12-13-26-24(21-23)20-22-8-2-3-9-25(22)26)33(45)41-19-7-11-28(41)32(44)39-27(10-6-16-38-34(36)37)29(42)14-15-30(43)40-17-4-1-5-18-40;2*3-2(4,5)1(6)7/h2-3,8-9,12-13,21,27-28,31H,1,4-7,10-11,14-20,35H2,(H,39,44)(H4,36,37,38);2*(H,6,7)/t27?,28-,31?;;/m0../s1. The Morgan fingerprint density at radius 1 is 0.814 bits per heavy atom. The van der Waals surface area contributed by atoms with E-state index in [4.69, 9.17) is 37.0 Å². The van der Waals surface area contributed by atoms with E-state index in [2.05, 4.69) is 22.4 Å². The lowest BCUT2D eigenvalue weighted by Crippen LogP contribution is -2.52. The van der Waals surface area contributed by atoms with Crippen LogP contribution in [0.5, 0.6) is 0 Å². The average molecular weight is 844 g/mol. The van der Waals surface area contributed by atoms with Crippen molar-refractivity contribution in [3.05, 3.63) is 59.2 Å². The van der Waals surface area contributed by atoms with Gasteiger partial charge in [-0.1, -0.05) is 42.5 Å². The first kappa shape index (κ1) is 47.6. The molecule has 5 rings (SSSR count). The number of hydrogen-bond donors (Lipinski definition) is 6. The topological polar surface area (TPSA) is 252 Å². The van der Waals surface area contributed by atoms with E-state index in [1.807, 2.05) is 35.2 Å².